The molecule has 1 fully saturated rings. The van der Waals surface area contributed by atoms with E-state index in [0.29, 0.717) is 11.1 Å². The number of hydrogen-bond acceptors (Lipinski definition) is 5. The lowest BCUT2D eigenvalue weighted by Crippen LogP contribution is -2.43. The summed E-state index contributed by atoms with van der Waals surface area (Å²) in [6.45, 7) is 0.0974. The lowest BCUT2D eigenvalue weighted by Gasteiger charge is -2.31. The van der Waals surface area contributed by atoms with Gasteiger partial charge in [-0.25, -0.2) is 0 Å². The van der Waals surface area contributed by atoms with Crippen molar-refractivity contribution < 1.29 is 22.4 Å². The van der Waals surface area contributed by atoms with Crippen molar-refractivity contribution >= 4 is 16.1 Å². The monoisotopic (exact) mass is 344 g/mol. The first-order chi connectivity index (χ1) is 11.6. The molecule has 6 nitrogen and oxygen atoms in total. The van der Waals surface area contributed by atoms with Gasteiger partial charge in [0.25, 0.3) is 0 Å². The molecule has 124 valence electrons. The first-order valence-corrected chi connectivity index (χ1v) is 8.80. The predicted octanol–water partition coefficient (Wildman–Crippen LogP) is 1.42. The molecule has 24 heavy (non-hydrogen) atoms. The Labute approximate surface area is 139 Å². The fraction of sp³-hybridized carbons (Fsp3) is 0.176. The standard InChI is InChI=1S/C17H15NO5S/c19-15(12-6-2-1-3-7-12)10-13-11-22-17-14-8-4-5-9-16(14)23-24(20,21)18(13)17/h1-10,13,17,19H,11H2/p-1/b15-10-/t13-,17+/m1/s1. The molecule has 4 rings (SSSR count). The number of hydrogen-bond donors (Lipinski definition) is 0. The summed E-state index contributed by atoms with van der Waals surface area (Å²) in [5.74, 6) is 0.00712. The van der Waals surface area contributed by atoms with Crippen LogP contribution in [0.5, 0.6) is 5.75 Å². The molecule has 0 amide bonds. The molecule has 2 aliphatic rings. The van der Waals surface area contributed by atoms with Crippen molar-refractivity contribution in [3.8, 4) is 5.75 Å². The molecule has 0 radical (unpaired) electrons. The molecule has 2 atom stereocenters. The van der Waals surface area contributed by atoms with E-state index in [4.69, 9.17) is 8.92 Å². The number of nitrogens with zero attached hydrogens (tertiary/aromatic N) is 1. The van der Waals surface area contributed by atoms with Crippen LogP contribution in [-0.2, 0) is 15.0 Å². The summed E-state index contributed by atoms with van der Waals surface area (Å²) in [6, 6.07) is 14.8. The molecule has 7 heteroatoms. The normalized spacial score (nSPS) is 25.6. The van der Waals surface area contributed by atoms with Crippen molar-refractivity contribution in [1.29, 1.82) is 0 Å². The Kier molecular flexibility index (Phi) is 3.56. The van der Waals surface area contributed by atoms with Gasteiger partial charge in [0, 0.05) is 5.56 Å². The van der Waals surface area contributed by atoms with E-state index in [1.807, 2.05) is 6.07 Å². The molecule has 0 aliphatic carbocycles. The third kappa shape index (κ3) is 2.47. The zero-order valence-electron chi connectivity index (χ0n) is 12.5. The molecule has 0 bridgehead atoms. The maximum Gasteiger partial charge on any atom is 0.388 e. The summed E-state index contributed by atoms with van der Waals surface area (Å²) in [5.41, 5.74) is 1.13. The summed E-state index contributed by atoms with van der Waals surface area (Å²) in [6.07, 6.45) is 0.592. The van der Waals surface area contributed by atoms with Gasteiger partial charge in [0.2, 0.25) is 0 Å². The van der Waals surface area contributed by atoms with Gasteiger partial charge in [0.1, 0.15) is 0 Å². The number of rotatable bonds is 2. The molecule has 2 aromatic rings. The summed E-state index contributed by atoms with van der Waals surface area (Å²) in [7, 11) is -4.03. The molecule has 0 aromatic heterocycles. The first-order valence-electron chi connectivity index (χ1n) is 7.44. The van der Waals surface area contributed by atoms with Crippen LogP contribution in [-0.4, -0.2) is 25.4 Å². The van der Waals surface area contributed by atoms with Crippen LogP contribution in [0.25, 0.3) is 5.76 Å². The van der Waals surface area contributed by atoms with E-state index in [9.17, 15) is 13.5 Å². The molecule has 0 unspecified atom stereocenters. The summed E-state index contributed by atoms with van der Waals surface area (Å²) < 4.78 is 36.8. The highest BCUT2D eigenvalue weighted by Gasteiger charge is 2.48. The van der Waals surface area contributed by atoms with Crippen LogP contribution in [0.15, 0.2) is 60.7 Å². The fourth-order valence-corrected chi connectivity index (χ4v) is 4.26. The largest absolute Gasteiger partial charge is 0.872 e. The SMILES string of the molecule is O=S1(=O)Oc2ccccc2[C@@H]2OC[C@@H](/C=C(\[O-])c3ccccc3)N21. The predicted molar refractivity (Wildman–Crippen MR) is 84.7 cm³/mol. The first kappa shape index (κ1) is 15.2. The van der Waals surface area contributed by atoms with E-state index in [1.165, 1.54) is 6.08 Å². The average Bonchev–Trinajstić information content (AvgIpc) is 3.00. The number of para-hydroxylation sites is 1. The molecular formula is C17H14NO5S-. The Morgan fingerprint density at radius 2 is 1.83 bits per heavy atom. The third-order valence-corrected chi connectivity index (χ3v) is 5.39. The second-order valence-corrected chi connectivity index (χ2v) is 7.00. The molecule has 2 heterocycles. The molecular weight excluding hydrogens is 330 g/mol. The highest BCUT2D eigenvalue weighted by atomic mass is 32.2. The fourth-order valence-electron chi connectivity index (χ4n) is 2.93. The molecule has 1 saturated heterocycles. The zero-order chi connectivity index (χ0) is 16.7. The summed E-state index contributed by atoms with van der Waals surface area (Å²) in [5, 5.41) is 12.4. The van der Waals surface area contributed by atoms with Crippen molar-refractivity contribution in [3.63, 3.8) is 0 Å². The molecule has 0 spiro atoms. The maximum atomic E-state index is 12.4. The lowest BCUT2D eigenvalue weighted by molar-refractivity contribution is -0.244. The number of fused-ring (bicyclic) bond motifs is 3. The third-order valence-electron chi connectivity index (χ3n) is 4.02. The van der Waals surface area contributed by atoms with Crippen molar-refractivity contribution in [2.75, 3.05) is 6.61 Å². The van der Waals surface area contributed by atoms with E-state index < -0.39 is 22.6 Å². The minimum Gasteiger partial charge on any atom is -0.872 e. The van der Waals surface area contributed by atoms with Gasteiger partial charge >= 0.3 is 10.3 Å². The van der Waals surface area contributed by atoms with Crippen LogP contribution < -0.4 is 9.29 Å². The Bertz CT molecular complexity index is 894. The van der Waals surface area contributed by atoms with E-state index in [-0.39, 0.29) is 18.1 Å². The van der Waals surface area contributed by atoms with Gasteiger partial charge in [-0.05, 0) is 11.6 Å². The van der Waals surface area contributed by atoms with Crippen LogP contribution >= 0.6 is 0 Å². The highest BCUT2D eigenvalue weighted by molar-refractivity contribution is 7.84. The Morgan fingerprint density at radius 3 is 2.62 bits per heavy atom. The topological polar surface area (TPSA) is 78.9 Å². The average molecular weight is 344 g/mol. The van der Waals surface area contributed by atoms with Gasteiger partial charge in [0.05, 0.1) is 12.6 Å². The van der Waals surface area contributed by atoms with E-state index in [0.717, 1.165) is 4.31 Å². The van der Waals surface area contributed by atoms with Crippen LogP contribution in [0.3, 0.4) is 0 Å². The van der Waals surface area contributed by atoms with Crippen molar-refractivity contribution in [2.24, 2.45) is 0 Å². The van der Waals surface area contributed by atoms with Gasteiger partial charge in [-0.2, -0.15) is 8.42 Å². The quantitative estimate of drug-likeness (QED) is 0.770. The second kappa shape index (κ2) is 5.62. The zero-order valence-corrected chi connectivity index (χ0v) is 13.3. The minimum absolute atomic E-state index is 0.0974. The van der Waals surface area contributed by atoms with Gasteiger partial charge < -0.3 is 14.0 Å². The van der Waals surface area contributed by atoms with E-state index in [1.54, 1.807) is 48.5 Å². The Hall–Kier alpha value is -2.35. The van der Waals surface area contributed by atoms with Crippen molar-refractivity contribution in [1.82, 2.24) is 4.31 Å². The number of ether oxygens (including phenoxy) is 1. The Balaban J connectivity index is 1.72. The molecule has 0 N–H and O–H groups in total. The van der Waals surface area contributed by atoms with E-state index >= 15 is 0 Å². The Morgan fingerprint density at radius 1 is 1.12 bits per heavy atom. The van der Waals surface area contributed by atoms with E-state index in [2.05, 4.69) is 0 Å². The summed E-state index contributed by atoms with van der Waals surface area (Å²) in [4.78, 5) is 0. The van der Waals surface area contributed by atoms with Gasteiger partial charge in [-0.1, -0.05) is 54.6 Å². The van der Waals surface area contributed by atoms with Crippen molar-refractivity contribution in [3.05, 3.63) is 71.8 Å². The van der Waals surface area contributed by atoms with Gasteiger partial charge in [-0.3, -0.25) is 0 Å². The minimum atomic E-state index is -4.03. The van der Waals surface area contributed by atoms with Crippen molar-refractivity contribution in [2.45, 2.75) is 12.3 Å². The van der Waals surface area contributed by atoms with Crippen LogP contribution in [0.2, 0.25) is 0 Å². The van der Waals surface area contributed by atoms with Crippen LogP contribution in [0.1, 0.15) is 17.4 Å². The maximum absolute atomic E-state index is 12.4. The molecule has 0 saturated carbocycles. The molecule has 2 aliphatic heterocycles. The van der Waals surface area contributed by atoms with Crippen LogP contribution in [0.4, 0.5) is 0 Å². The van der Waals surface area contributed by atoms with Crippen LogP contribution in [0, 0.1) is 0 Å². The molecule has 2 aromatic carbocycles. The van der Waals surface area contributed by atoms with Gasteiger partial charge in [0.15, 0.2) is 12.0 Å². The highest BCUT2D eigenvalue weighted by Crippen LogP contribution is 2.43. The second-order valence-electron chi connectivity index (χ2n) is 5.56. The lowest BCUT2D eigenvalue weighted by atomic mass is 10.1. The number of benzene rings is 2. The van der Waals surface area contributed by atoms with Gasteiger partial charge in [-0.15, -0.1) is 10.1 Å². The summed E-state index contributed by atoms with van der Waals surface area (Å²) >= 11 is 0. The smallest absolute Gasteiger partial charge is 0.388 e.